The lowest BCUT2D eigenvalue weighted by Crippen LogP contribution is -2.43. The number of hydrogen-bond donors (Lipinski definition) is 1. The van der Waals surface area contributed by atoms with E-state index in [4.69, 9.17) is 19.0 Å². The molecule has 0 spiro atoms. The fourth-order valence-electron chi connectivity index (χ4n) is 5.33. The van der Waals surface area contributed by atoms with Crippen molar-refractivity contribution >= 4 is 11.0 Å². The number of hydroxylamine groups is 3. The molecule has 2 aliphatic rings. The number of aromatic nitrogens is 2. The summed E-state index contributed by atoms with van der Waals surface area (Å²) in [6, 6.07) is 11.8. The van der Waals surface area contributed by atoms with E-state index in [9.17, 15) is 4.79 Å². The van der Waals surface area contributed by atoms with E-state index < -0.39 is 5.72 Å². The lowest BCUT2D eigenvalue weighted by Gasteiger charge is -2.29. The molecule has 2 saturated heterocycles. The van der Waals surface area contributed by atoms with Crippen LogP contribution in [-0.2, 0) is 10.6 Å². The largest absolute Gasteiger partial charge is 0.493 e. The zero-order chi connectivity index (χ0) is 21.8. The van der Waals surface area contributed by atoms with Crippen LogP contribution in [0.5, 0.6) is 17.2 Å². The molecule has 0 radical (unpaired) electrons. The van der Waals surface area contributed by atoms with Gasteiger partial charge in [0.15, 0.2) is 11.5 Å². The van der Waals surface area contributed by atoms with Crippen LogP contribution in [0.1, 0.15) is 31.4 Å². The Hall–Kier alpha value is -2.97. The minimum atomic E-state index is -0.553. The highest BCUT2D eigenvalue weighted by molar-refractivity contribution is 5.75. The predicted molar refractivity (Wildman–Crippen MR) is 115 cm³/mol. The third-order valence-corrected chi connectivity index (χ3v) is 6.90. The summed E-state index contributed by atoms with van der Waals surface area (Å²) in [5.74, 6) is 1.75. The van der Waals surface area contributed by atoms with Crippen LogP contribution in [-0.4, -0.2) is 48.6 Å². The number of methoxy groups -OCH3 is 3. The van der Waals surface area contributed by atoms with E-state index in [0.29, 0.717) is 28.3 Å². The van der Waals surface area contributed by atoms with Gasteiger partial charge in [-0.1, -0.05) is 12.1 Å². The second kappa shape index (κ2) is 7.03. The van der Waals surface area contributed by atoms with Crippen molar-refractivity contribution in [1.82, 2.24) is 9.55 Å². The van der Waals surface area contributed by atoms with Crippen LogP contribution in [0.25, 0.3) is 11.0 Å². The molecule has 8 nitrogen and oxygen atoms in total. The summed E-state index contributed by atoms with van der Waals surface area (Å²) in [6.07, 6.45) is 1.54. The molecule has 0 saturated carbocycles. The normalized spacial score (nSPS) is 27.0. The monoisotopic (exact) mass is 426 g/mol. The average molecular weight is 426 g/mol. The lowest BCUT2D eigenvalue weighted by atomic mass is 9.89. The van der Waals surface area contributed by atoms with Crippen LogP contribution < -0.4 is 19.9 Å². The first kappa shape index (κ1) is 20.0. The SMILES string of the molecule is CC[N+]12CCC(n3c(=O)[nH]c4ccccc43)CC1(c1cc(OC)c(OC)c(OC)c1)O2. The van der Waals surface area contributed by atoms with Gasteiger partial charge in [-0.15, -0.1) is 9.48 Å². The van der Waals surface area contributed by atoms with E-state index in [1.165, 1.54) is 0 Å². The van der Waals surface area contributed by atoms with E-state index in [-0.39, 0.29) is 11.7 Å². The van der Waals surface area contributed by atoms with Gasteiger partial charge in [0, 0.05) is 6.42 Å². The number of imidazole rings is 1. The summed E-state index contributed by atoms with van der Waals surface area (Å²) in [7, 11) is 4.83. The number of rotatable bonds is 6. The maximum atomic E-state index is 12.8. The fraction of sp³-hybridized carbons (Fsp3) is 0.435. The minimum Gasteiger partial charge on any atom is -0.493 e. The summed E-state index contributed by atoms with van der Waals surface area (Å²) < 4.78 is 19.1. The van der Waals surface area contributed by atoms with Gasteiger partial charge in [0.2, 0.25) is 5.75 Å². The molecule has 0 bridgehead atoms. The van der Waals surface area contributed by atoms with Crippen molar-refractivity contribution < 1.29 is 23.7 Å². The van der Waals surface area contributed by atoms with Crippen molar-refractivity contribution in [3.05, 3.63) is 52.4 Å². The van der Waals surface area contributed by atoms with Gasteiger partial charge in [0.1, 0.15) is 13.1 Å². The lowest BCUT2D eigenvalue weighted by molar-refractivity contribution is -0.934. The molecule has 1 N–H and O–H groups in total. The standard InChI is InChI=1S/C23H27N3O5/c1-5-26-11-10-16(25-18-9-7-6-8-17(18)24-22(25)27)14-23(26,31-26)15-12-19(28-2)21(30-4)20(13-15)29-3/h6-9,12-13,16H,5,10-11,14H2,1-4H3/p+1. The first-order valence-corrected chi connectivity index (χ1v) is 10.6. The van der Waals surface area contributed by atoms with Crippen molar-refractivity contribution in [3.63, 3.8) is 0 Å². The van der Waals surface area contributed by atoms with Gasteiger partial charge in [-0.25, -0.2) is 4.79 Å². The summed E-state index contributed by atoms with van der Waals surface area (Å²) in [5, 5.41) is 0. The molecule has 0 amide bonds. The molecule has 0 aliphatic carbocycles. The van der Waals surface area contributed by atoms with Crippen molar-refractivity contribution in [2.24, 2.45) is 0 Å². The second-order valence-electron chi connectivity index (χ2n) is 8.18. The van der Waals surface area contributed by atoms with Crippen LogP contribution in [0.3, 0.4) is 0 Å². The number of para-hydroxylation sites is 2. The van der Waals surface area contributed by atoms with Crippen LogP contribution >= 0.6 is 0 Å². The van der Waals surface area contributed by atoms with Gasteiger partial charge in [-0.05, 0) is 31.2 Å². The van der Waals surface area contributed by atoms with Crippen LogP contribution in [0.2, 0.25) is 0 Å². The highest BCUT2D eigenvalue weighted by Crippen LogP contribution is 2.62. The Morgan fingerprint density at radius 3 is 2.52 bits per heavy atom. The molecule has 8 heteroatoms. The zero-order valence-electron chi connectivity index (χ0n) is 18.3. The summed E-state index contributed by atoms with van der Waals surface area (Å²) >= 11 is 0. The highest BCUT2D eigenvalue weighted by atomic mass is 16.9. The summed E-state index contributed by atoms with van der Waals surface area (Å²) in [6.45, 7) is 3.80. The van der Waals surface area contributed by atoms with Gasteiger partial charge in [0.25, 0.3) is 0 Å². The summed E-state index contributed by atoms with van der Waals surface area (Å²) in [5.41, 5.74) is 2.12. The van der Waals surface area contributed by atoms with E-state index in [1.54, 1.807) is 21.3 Å². The Morgan fingerprint density at radius 2 is 1.87 bits per heavy atom. The number of benzene rings is 2. The second-order valence-corrected chi connectivity index (χ2v) is 8.18. The molecule has 2 fully saturated rings. The van der Waals surface area contributed by atoms with E-state index in [0.717, 1.165) is 36.1 Å². The molecule has 31 heavy (non-hydrogen) atoms. The maximum absolute atomic E-state index is 12.8. The first-order chi connectivity index (χ1) is 15.0. The van der Waals surface area contributed by atoms with Crippen LogP contribution in [0.4, 0.5) is 0 Å². The minimum absolute atomic E-state index is 0.0167. The number of hydrogen-bond acceptors (Lipinski definition) is 5. The molecule has 5 rings (SSSR count). The third-order valence-electron chi connectivity index (χ3n) is 6.90. The van der Waals surface area contributed by atoms with Gasteiger partial charge in [-0.3, -0.25) is 4.57 Å². The Labute approximate surface area is 180 Å². The Morgan fingerprint density at radius 1 is 1.16 bits per heavy atom. The van der Waals surface area contributed by atoms with Gasteiger partial charge >= 0.3 is 11.4 Å². The van der Waals surface area contributed by atoms with Crippen LogP contribution in [0, 0.1) is 0 Å². The third kappa shape index (κ3) is 2.71. The van der Waals surface area contributed by atoms with Gasteiger partial charge in [0.05, 0.1) is 50.4 Å². The molecule has 2 aliphatic heterocycles. The Balaban J connectivity index is 1.61. The van der Waals surface area contributed by atoms with Gasteiger partial charge < -0.3 is 19.2 Å². The quantitative estimate of drug-likeness (QED) is 0.483. The van der Waals surface area contributed by atoms with Gasteiger partial charge in [-0.2, -0.15) is 0 Å². The number of aromatic amines is 1. The molecular formula is C23H28N3O5+. The molecule has 164 valence electrons. The Bertz CT molecular complexity index is 1180. The van der Waals surface area contributed by atoms with Crippen LogP contribution in [0.15, 0.2) is 41.2 Å². The molecule has 3 unspecified atom stereocenters. The fourth-order valence-corrected chi connectivity index (χ4v) is 5.33. The Kier molecular flexibility index (Phi) is 4.53. The molecule has 1 aromatic heterocycles. The smallest absolute Gasteiger partial charge is 0.326 e. The topological polar surface area (TPSA) is 78.0 Å². The van der Waals surface area contributed by atoms with Crippen molar-refractivity contribution in [2.75, 3.05) is 34.4 Å². The number of H-pyrrole nitrogens is 1. The summed E-state index contributed by atoms with van der Waals surface area (Å²) in [4.78, 5) is 22.3. The predicted octanol–water partition coefficient (Wildman–Crippen LogP) is 3.33. The van der Waals surface area contributed by atoms with Crippen molar-refractivity contribution in [3.8, 4) is 17.2 Å². The molecule has 3 heterocycles. The number of quaternary nitrogens is 1. The number of nitrogens with one attached hydrogen (secondary N) is 1. The van der Waals surface area contributed by atoms with E-state index in [2.05, 4.69) is 11.9 Å². The maximum Gasteiger partial charge on any atom is 0.326 e. The zero-order valence-corrected chi connectivity index (χ0v) is 18.3. The van der Waals surface area contributed by atoms with Crippen molar-refractivity contribution in [2.45, 2.75) is 31.5 Å². The average Bonchev–Trinajstić information content (AvgIpc) is 3.38. The highest BCUT2D eigenvalue weighted by Gasteiger charge is 2.76. The number of piperidine rings is 1. The number of fused-ring (bicyclic) bond motifs is 2. The first-order valence-electron chi connectivity index (χ1n) is 10.6. The van der Waals surface area contributed by atoms with Crippen molar-refractivity contribution in [1.29, 1.82) is 0 Å². The van der Waals surface area contributed by atoms with E-state index in [1.807, 2.05) is 41.0 Å². The van der Waals surface area contributed by atoms with E-state index >= 15 is 0 Å². The molecule has 3 atom stereocenters. The molecular weight excluding hydrogens is 398 g/mol. The number of nitrogens with zero attached hydrogens (tertiary/aromatic N) is 2. The molecule has 3 aromatic rings. The number of ether oxygens (including phenoxy) is 3. The molecule has 2 aromatic carbocycles.